The van der Waals surface area contributed by atoms with E-state index in [1.165, 1.54) is 95.8 Å². The highest BCUT2D eigenvalue weighted by Gasteiger charge is 2.23. The van der Waals surface area contributed by atoms with Crippen molar-refractivity contribution in [2.24, 2.45) is 0 Å². The van der Waals surface area contributed by atoms with Crippen LogP contribution in [0.4, 0.5) is 34.1 Å². The second-order valence-electron chi connectivity index (χ2n) is 14.6. The van der Waals surface area contributed by atoms with E-state index in [1.807, 2.05) is 22.7 Å². The van der Waals surface area contributed by atoms with E-state index >= 15 is 0 Å². The lowest BCUT2D eigenvalue weighted by Crippen LogP contribution is -2.11. The van der Waals surface area contributed by atoms with Gasteiger partial charge in [-0.1, -0.05) is 121 Å². The lowest BCUT2D eigenvalue weighted by atomic mass is 9.98. The van der Waals surface area contributed by atoms with Crippen molar-refractivity contribution in [2.45, 2.75) is 13.8 Å². The van der Waals surface area contributed by atoms with E-state index in [2.05, 4.69) is 206 Å². The van der Waals surface area contributed by atoms with Crippen LogP contribution in [0, 0.1) is 13.8 Å². The second kappa shape index (κ2) is 13.1. The maximum Gasteiger partial charge on any atom is 0.0554 e. The summed E-state index contributed by atoms with van der Waals surface area (Å²) in [6.45, 7) is 4.41. The fraction of sp³-hybridized carbons (Fsp3) is 0.0385. The molecule has 0 fully saturated rings. The topological polar surface area (TPSA) is 6.48 Å². The summed E-state index contributed by atoms with van der Waals surface area (Å²) in [5, 5.41) is 10.4. The van der Waals surface area contributed by atoms with Gasteiger partial charge in [-0.2, -0.15) is 0 Å². The van der Waals surface area contributed by atoms with Crippen LogP contribution < -0.4 is 9.80 Å². The highest BCUT2D eigenvalue weighted by atomic mass is 32.1. The van der Waals surface area contributed by atoms with Crippen molar-refractivity contribution in [3.05, 3.63) is 193 Å². The third-order valence-electron chi connectivity index (χ3n) is 11.3. The maximum atomic E-state index is 2.47. The molecule has 11 aromatic rings. The van der Waals surface area contributed by atoms with E-state index in [9.17, 15) is 0 Å². The number of hydrogen-bond acceptors (Lipinski definition) is 4. The lowest BCUT2D eigenvalue weighted by Gasteiger charge is -2.28. The molecule has 2 nitrogen and oxygen atoms in total. The molecule has 4 heteroatoms. The Morgan fingerprint density at radius 3 is 1.07 bits per heavy atom. The summed E-state index contributed by atoms with van der Waals surface area (Å²) in [5.41, 5.74) is 9.56. The van der Waals surface area contributed by atoms with Crippen LogP contribution in [0.5, 0.6) is 0 Å². The zero-order chi connectivity index (χ0) is 37.3. The molecule has 56 heavy (non-hydrogen) atoms. The molecule has 0 unspecified atom stereocenters. The summed E-state index contributed by atoms with van der Waals surface area (Å²) < 4.78 is 5.23. The quantitative estimate of drug-likeness (QED) is 0.167. The van der Waals surface area contributed by atoms with Crippen molar-refractivity contribution in [1.82, 2.24) is 0 Å². The van der Waals surface area contributed by atoms with Crippen molar-refractivity contribution in [3.8, 4) is 0 Å². The van der Waals surface area contributed by atoms with Crippen molar-refractivity contribution in [1.29, 1.82) is 0 Å². The van der Waals surface area contributed by atoms with E-state index < -0.39 is 0 Å². The zero-order valence-corrected chi connectivity index (χ0v) is 32.7. The number of thiophene rings is 2. The van der Waals surface area contributed by atoms with Crippen LogP contribution in [0.25, 0.3) is 61.9 Å². The number of fused-ring (bicyclic) bond motifs is 10. The Labute approximate surface area is 333 Å². The summed E-state index contributed by atoms with van der Waals surface area (Å²) in [7, 11) is 0. The Balaban J connectivity index is 1.17. The Morgan fingerprint density at radius 2 is 0.661 bits per heavy atom. The Morgan fingerprint density at radius 1 is 0.304 bits per heavy atom. The minimum atomic E-state index is 1.15. The molecular weight excluding hydrogens is 717 g/mol. The van der Waals surface area contributed by atoms with Gasteiger partial charge < -0.3 is 9.80 Å². The maximum absolute atomic E-state index is 2.47. The SMILES string of the molecule is Cc1ccccc1N(c1ccccc1)c1cc2sc3cc4c(cc3c2c2ccccc12)sc1cc(N(c2ccccc2)c2ccccc2C)c2ccccc2c14. The van der Waals surface area contributed by atoms with Crippen LogP contribution >= 0.6 is 22.7 Å². The molecule has 2 heterocycles. The minimum Gasteiger partial charge on any atom is -0.310 e. The van der Waals surface area contributed by atoms with Gasteiger partial charge in [0.1, 0.15) is 0 Å². The molecular formula is C52H36N2S2. The number of hydrogen-bond donors (Lipinski definition) is 0. The number of rotatable bonds is 6. The first kappa shape index (κ1) is 32.9. The first-order valence-electron chi connectivity index (χ1n) is 19.1. The van der Waals surface area contributed by atoms with Gasteiger partial charge in [-0.3, -0.25) is 0 Å². The molecule has 0 bridgehead atoms. The lowest BCUT2D eigenvalue weighted by molar-refractivity contribution is 1.26. The Hall–Kier alpha value is -6.46. The van der Waals surface area contributed by atoms with Crippen molar-refractivity contribution < 1.29 is 0 Å². The average Bonchev–Trinajstić information content (AvgIpc) is 3.79. The van der Waals surface area contributed by atoms with Gasteiger partial charge in [0.25, 0.3) is 0 Å². The fourth-order valence-electron chi connectivity index (χ4n) is 8.70. The molecule has 9 aromatic carbocycles. The third-order valence-corrected chi connectivity index (χ3v) is 13.5. The highest BCUT2D eigenvalue weighted by molar-refractivity contribution is 7.27. The molecule has 0 aliphatic rings. The molecule has 2 aromatic heterocycles. The number of aryl methyl sites for hydroxylation is 2. The third kappa shape index (κ3) is 5.14. The van der Waals surface area contributed by atoms with E-state index in [0.29, 0.717) is 0 Å². The van der Waals surface area contributed by atoms with Gasteiger partial charge in [0.05, 0.1) is 11.4 Å². The predicted molar refractivity (Wildman–Crippen MR) is 246 cm³/mol. The van der Waals surface area contributed by atoms with Crippen molar-refractivity contribution >= 4 is 119 Å². The molecule has 0 atom stereocenters. The Kier molecular flexibility index (Phi) is 7.70. The van der Waals surface area contributed by atoms with E-state index in [-0.39, 0.29) is 0 Å². The number of anilines is 6. The van der Waals surface area contributed by atoms with Crippen LogP contribution in [0.1, 0.15) is 11.1 Å². The molecule has 0 saturated carbocycles. The van der Waals surface area contributed by atoms with Gasteiger partial charge >= 0.3 is 0 Å². The number of para-hydroxylation sites is 4. The van der Waals surface area contributed by atoms with Gasteiger partial charge in [0.15, 0.2) is 0 Å². The predicted octanol–water partition coefficient (Wildman–Crippen LogP) is 16.3. The van der Waals surface area contributed by atoms with Crippen LogP contribution in [0.2, 0.25) is 0 Å². The molecule has 0 saturated heterocycles. The van der Waals surface area contributed by atoms with Crippen molar-refractivity contribution in [2.75, 3.05) is 9.80 Å². The number of nitrogens with zero attached hydrogens (tertiary/aromatic N) is 2. The van der Waals surface area contributed by atoms with E-state index in [0.717, 1.165) is 11.4 Å². The molecule has 0 aliphatic heterocycles. The van der Waals surface area contributed by atoms with Crippen molar-refractivity contribution in [3.63, 3.8) is 0 Å². The van der Waals surface area contributed by atoms with E-state index in [1.54, 1.807) is 0 Å². The molecule has 0 N–H and O–H groups in total. The van der Waals surface area contributed by atoms with Gasteiger partial charge in [-0.05, 0) is 96.4 Å². The first-order valence-corrected chi connectivity index (χ1v) is 20.7. The smallest absolute Gasteiger partial charge is 0.0554 e. The van der Waals surface area contributed by atoms with Crippen LogP contribution in [-0.2, 0) is 0 Å². The molecule has 0 spiro atoms. The first-order chi connectivity index (χ1) is 27.6. The van der Waals surface area contributed by atoms with Gasteiger partial charge in [0, 0.05) is 73.9 Å². The Bertz CT molecular complexity index is 3060. The van der Waals surface area contributed by atoms with Gasteiger partial charge in [-0.25, -0.2) is 0 Å². The molecule has 266 valence electrons. The van der Waals surface area contributed by atoms with Crippen LogP contribution in [0.3, 0.4) is 0 Å². The summed E-state index contributed by atoms with van der Waals surface area (Å²) in [5.74, 6) is 0. The van der Waals surface area contributed by atoms with Gasteiger partial charge in [-0.15, -0.1) is 22.7 Å². The monoisotopic (exact) mass is 752 g/mol. The second-order valence-corrected chi connectivity index (χ2v) is 16.8. The number of benzene rings is 9. The minimum absolute atomic E-state index is 1.15. The molecule has 0 aliphatic carbocycles. The molecule has 0 radical (unpaired) electrons. The summed E-state index contributed by atoms with van der Waals surface area (Å²) >= 11 is 3.82. The molecule has 0 amide bonds. The largest absolute Gasteiger partial charge is 0.310 e. The van der Waals surface area contributed by atoms with Crippen LogP contribution in [-0.4, -0.2) is 0 Å². The summed E-state index contributed by atoms with van der Waals surface area (Å²) in [4.78, 5) is 4.87. The standard InChI is InChI=1S/C52H36N2S2/c1-33-17-9-15-27-43(33)53(35-19-5-3-6-20-35)45-31-49-51(39-25-13-11-23-37(39)45)41-29-48-42(30-47(41)55-49)52-40-26-14-12-24-38(40)46(32-50(52)56-48)54(36-21-7-4-8-22-36)44-28-16-10-18-34(44)2/h3-32H,1-2H3. The average molecular weight is 753 g/mol. The van der Waals surface area contributed by atoms with E-state index in [4.69, 9.17) is 0 Å². The van der Waals surface area contributed by atoms with Crippen LogP contribution in [0.15, 0.2) is 182 Å². The molecule has 11 rings (SSSR count). The summed E-state index contributed by atoms with van der Waals surface area (Å²) in [6, 6.07) is 66.7. The van der Waals surface area contributed by atoms with Gasteiger partial charge in [0.2, 0.25) is 0 Å². The zero-order valence-electron chi connectivity index (χ0n) is 31.0. The normalized spacial score (nSPS) is 11.8. The highest BCUT2D eigenvalue weighted by Crippen LogP contribution is 2.51. The fourth-order valence-corrected chi connectivity index (χ4v) is 11.1. The summed E-state index contributed by atoms with van der Waals surface area (Å²) in [6.07, 6.45) is 0.